The third-order valence-electron chi connectivity index (χ3n) is 2.38. The number of hydrogen-bond acceptors (Lipinski definition) is 6. The summed E-state index contributed by atoms with van der Waals surface area (Å²) < 4.78 is 4.76. The average Bonchev–Trinajstić information content (AvgIpc) is 2.36. The molecule has 0 bridgehead atoms. The molecule has 7 heteroatoms. The molecule has 0 radical (unpaired) electrons. The molecule has 0 spiro atoms. The Morgan fingerprint density at radius 1 is 1.39 bits per heavy atom. The number of carbonyl (C=O) groups excluding carboxylic acids is 1. The first-order valence-corrected chi connectivity index (χ1v) is 4.87. The molecule has 0 aliphatic carbocycles. The SMILES string of the molecule is COc1cc(C=O)c(C(O)C(O)C(=O)O)cc1O. The molecule has 98 valence electrons. The molecular weight excluding hydrogens is 244 g/mol. The van der Waals surface area contributed by atoms with Gasteiger partial charge < -0.3 is 25.2 Å². The van der Waals surface area contributed by atoms with Gasteiger partial charge in [0.2, 0.25) is 0 Å². The highest BCUT2D eigenvalue weighted by atomic mass is 16.5. The van der Waals surface area contributed by atoms with Gasteiger partial charge in [-0.1, -0.05) is 0 Å². The molecule has 1 rings (SSSR count). The van der Waals surface area contributed by atoms with E-state index >= 15 is 0 Å². The molecule has 0 saturated carbocycles. The van der Waals surface area contributed by atoms with Crippen molar-refractivity contribution in [2.75, 3.05) is 7.11 Å². The number of carboxylic acid groups (broad SMARTS) is 1. The normalized spacial score (nSPS) is 13.7. The quantitative estimate of drug-likeness (QED) is 0.533. The lowest BCUT2D eigenvalue weighted by molar-refractivity contribution is -0.153. The lowest BCUT2D eigenvalue weighted by atomic mass is 9.98. The number of carboxylic acids is 1. The number of aromatic hydroxyl groups is 1. The van der Waals surface area contributed by atoms with Gasteiger partial charge in [0.05, 0.1) is 7.11 Å². The zero-order chi connectivity index (χ0) is 13.9. The van der Waals surface area contributed by atoms with Crippen molar-refractivity contribution in [1.29, 1.82) is 0 Å². The number of hydrogen-bond donors (Lipinski definition) is 4. The summed E-state index contributed by atoms with van der Waals surface area (Å²) >= 11 is 0. The number of rotatable bonds is 5. The maximum Gasteiger partial charge on any atom is 0.335 e. The van der Waals surface area contributed by atoms with E-state index in [1.807, 2.05) is 0 Å². The molecule has 0 fully saturated rings. The lowest BCUT2D eigenvalue weighted by Gasteiger charge is -2.17. The predicted molar refractivity (Wildman–Crippen MR) is 58.6 cm³/mol. The van der Waals surface area contributed by atoms with Crippen molar-refractivity contribution in [3.05, 3.63) is 23.3 Å². The standard InChI is InChI=1S/C11H12O7/c1-18-8-2-5(4-12)6(3-7(8)13)9(14)10(15)11(16)17/h2-4,9-10,13-15H,1H3,(H,16,17). The fraction of sp³-hybridized carbons (Fsp3) is 0.273. The van der Waals surface area contributed by atoms with Crippen molar-refractivity contribution in [3.63, 3.8) is 0 Å². The molecule has 0 aromatic heterocycles. The van der Waals surface area contributed by atoms with Crippen molar-refractivity contribution in [2.45, 2.75) is 12.2 Å². The van der Waals surface area contributed by atoms with E-state index in [4.69, 9.17) is 9.84 Å². The first kappa shape index (κ1) is 13.9. The monoisotopic (exact) mass is 256 g/mol. The Labute approximate surface area is 102 Å². The van der Waals surface area contributed by atoms with Crippen LogP contribution in [0, 0.1) is 0 Å². The zero-order valence-electron chi connectivity index (χ0n) is 9.40. The summed E-state index contributed by atoms with van der Waals surface area (Å²) in [5.74, 6) is -2.03. The van der Waals surface area contributed by atoms with Crippen LogP contribution < -0.4 is 4.74 Å². The highest BCUT2D eigenvalue weighted by Crippen LogP contribution is 2.32. The highest BCUT2D eigenvalue weighted by molar-refractivity contribution is 5.81. The first-order valence-electron chi connectivity index (χ1n) is 4.87. The van der Waals surface area contributed by atoms with Gasteiger partial charge in [-0.25, -0.2) is 4.79 Å². The van der Waals surface area contributed by atoms with Crippen molar-refractivity contribution < 1.29 is 34.8 Å². The molecule has 0 amide bonds. The fourth-order valence-electron chi connectivity index (χ4n) is 1.43. The number of aliphatic hydroxyl groups is 2. The molecule has 2 unspecified atom stereocenters. The first-order chi connectivity index (χ1) is 8.42. The van der Waals surface area contributed by atoms with Gasteiger partial charge in [0.1, 0.15) is 6.10 Å². The van der Waals surface area contributed by atoms with Crippen LogP contribution in [0.1, 0.15) is 22.0 Å². The lowest BCUT2D eigenvalue weighted by Crippen LogP contribution is -2.28. The molecule has 0 saturated heterocycles. The van der Waals surface area contributed by atoms with Gasteiger partial charge >= 0.3 is 5.97 Å². The van der Waals surface area contributed by atoms with Crippen molar-refractivity contribution >= 4 is 12.3 Å². The van der Waals surface area contributed by atoms with E-state index in [-0.39, 0.29) is 22.6 Å². The Hall–Kier alpha value is -2.12. The van der Waals surface area contributed by atoms with E-state index in [2.05, 4.69) is 0 Å². The van der Waals surface area contributed by atoms with E-state index in [1.54, 1.807) is 0 Å². The molecule has 7 nitrogen and oxygen atoms in total. The molecule has 1 aromatic rings. The largest absolute Gasteiger partial charge is 0.504 e. The number of aliphatic hydroxyl groups excluding tert-OH is 2. The minimum absolute atomic E-state index is 0.00198. The summed E-state index contributed by atoms with van der Waals surface area (Å²) in [6, 6.07) is 2.11. The van der Waals surface area contributed by atoms with Gasteiger partial charge in [-0.05, 0) is 17.7 Å². The van der Waals surface area contributed by atoms with E-state index in [9.17, 15) is 24.9 Å². The third kappa shape index (κ3) is 2.58. The third-order valence-corrected chi connectivity index (χ3v) is 2.38. The molecule has 0 heterocycles. The molecule has 2 atom stereocenters. The number of phenolic OH excluding ortho intramolecular Hbond substituents is 1. The number of phenols is 1. The predicted octanol–water partition coefficient (Wildman–Crippen LogP) is -0.308. The Morgan fingerprint density at radius 2 is 2.00 bits per heavy atom. The van der Waals surface area contributed by atoms with Gasteiger partial charge in [0.25, 0.3) is 0 Å². The van der Waals surface area contributed by atoms with Gasteiger partial charge in [0, 0.05) is 5.56 Å². The summed E-state index contributed by atoms with van der Waals surface area (Å²) in [5.41, 5.74) is -0.282. The molecule has 18 heavy (non-hydrogen) atoms. The summed E-state index contributed by atoms with van der Waals surface area (Å²) in [7, 11) is 1.27. The van der Waals surface area contributed by atoms with E-state index in [0.29, 0.717) is 6.29 Å². The second kappa shape index (κ2) is 5.48. The molecular formula is C11H12O7. The second-order valence-electron chi connectivity index (χ2n) is 3.50. The van der Waals surface area contributed by atoms with E-state index in [0.717, 1.165) is 12.1 Å². The molecule has 1 aromatic carbocycles. The summed E-state index contributed by atoms with van der Waals surface area (Å²) in [6.45, 7) is 0. The van der Waals surface area contributed by atoms with Crippen LogP contribution in [0.15, 0.2) is 12.1 Å². The van der Waals surface area contributed by atoms with E-state index in [1.165, 1.54) is 7.11 Å². The van der Waals surface area contributed by atoms with Crippen molar-refractivity contribution in [2.24, 2.45) is 0 Å². The Morgan fingerprint density at radius 3 is 2.44 bits per heavy atom. The van der Waals surface area contributed by atoms with Crippen LogP contribution in [-0.4, -0.2) is 45.9 Å². The van der Waals surface area contributed by atoms with Gasteiger partial charge in [-0.15, -0.1) is 0 Å². The summed E-state index contributed by atoms with van der Waals surface area (Å²) in [6.07, 6.45) is -3.58. The molecule has 4 N–H and O–H groups in total. The van der Waals surface area contributed by atoms with Crippen LogP contribution in [0.2, 0.25) is 0 Å². The van der Waals surface area contributed by atoms with Gasteiger partial charge in [-0.3, -0.25) is 4.79 Å². The van der Waals surface area contributed by atoms with Crippen molar-refractivity contribution in [3.8, 4) is 11.5 Å². The van der Waals surface area contributed by atoms with E-state index < -0.39 is 18.2 Å². The highest BCUT2D eigenvalue weighted by Gasteiger charge is 2.28. The molecule has 0 aliphatic rings. The Balaban J connectivity index is 3.27. The topological polar surface area (TPSA) is 124 Å². The summed E-state index contributed by atoms with van der Waals surface area (Å²) in [5, 5.41) is 36.9. The van der Waals surface area contributed by atoms with Crippen LogP contribution in [0.25, 0.3) is 0 Å². The number of carbonyl (C=O) groups is 2. The van der Waals surface area contributed by atoms with Crippen LogP contribution in [0.3, 0.4) is 0 Å². The van der Waals surface area contributed by atoms with Crippen molar-refractivity contribution in [1.82, 2.24) is 0 Å². The fourth-order valence-corrected chi connectivity index (χ4v) is 1.43. The maximum absolute atomic E-state index is 10.8. The van der Waals surface area contributed by atoms with Gasteiger partial charge in [-0.2, -0.15) is 0 Å². The molecule has 0 aliphatic heterocycles. The van der Waals surface area contributed by atoms with Crippen LogP contribution in [0.5, 0.6) is 11.5 Å². The average molecular weight is 256 g/mol. The number of methoxy groups -OCH3 is 1. The van der Waals surface area contributed by atoms with Crippen LogP contribution in [-0.2, 0) is 4.79 Å². The number of aliphatic carboxylic acids is 1. The number of ether oxygens (including phenoxy) is 1. The maximum atomic E-state index is 10.8. The minimum Gasteiger partial charge on any atom is -0.504 e. The second-order valence-corrected chi connectivity index (χ2v) is 3.50. The minimum atomic E-state index is -2.10. The van der Waals surface area contributed by atoms with Crippen LogP contribution >= 0.6 is 0 Å². The number of aldehydes is 1. The van der Waals surface area contributed by atoms with Gasteiger partial charge in [0.15, 0.2) is 23.9 Å². The summed E-state index contributed by atoms with van der Waals surface area (Å²) in [4.78, 5) is 21.4. The smallest absolute Gasteiger partial charge is 0.335 e. The zero-order valence-corrected chi connectivity index (χ0v) is 9.40. The number of benzene rings is 1. The Bertz CT molecular complexity index is 469. The van der Waals surface area contributed by atoms with Crippen LogP contribution in [0.4, 0.5) is 0 Å². The Kier molecular flexibility index (Phi) is 4.24.